The van der Waals surface area contributed by atoms with E-state index < -0.39 is 0 Å². The summed E-state index contributed by atoms with van der Waals surface area (Å²) in [5, 5.41) is 8.88. The molecule has 0 saturated heterocycles. The maximum atomic E-state index is 6.25. The fourth-order valence-electron chi connectivity index (χ4n) is 6.52. The minimum absolute atomic E-state index is 0.454. The Hall–Kier alpha value is -4.62. The van der Waals surface area contributed by atoms with E-state index in [0.717, 1.165) is 17.8 Å². The lowest BCUT2D eigenvalue weighted by atomic mass is 9.84. The molecular formula is C37H26O. The second kappa shape index (κ2) is 8.19. The number of hydrogen-bond donors (Lipinski definition) is 0. The predicted octanol–water partition coefficient (Wildman–Crippen LogP) is 10.7. The molecule has 1 unspecified atom stereocenters. The van der Waals surface area contributed by atoms with Gasteiger partial charge in [0.1, 0.15) is 11.3 Å². The molecule has 1 atom stereocenters. The smallest absolute Gasteiger partial charge is 0.135 e. The summed E-state index contributed by atoms with van der Waals surface area (Å²) in [6.45, 7) is 2.30. The van der Waals surface area contributed by atoms with Crippen LogP contribution in [0.1, 0.15) is 30.6 Å². The summed E-state index contributed by atoms with van der Waals surface area (Å²) in [5.74, 6) is 1.47. The normalized spacial score (nSPS) is 15.0. The second-order valence-corrected chi connectivity index (χ2v) is 10.5. The highest BCUT2D eigenvalue weighted by Crippen LogP contribution is 2.46. The van der Waals surface area contributed by atoms with Crippen molar-refractivity contribution in [3.8, 4) is 22.3 Å². The summed E-state index contributed by atoms with van der Waals surface area (Å²) in [6, 6.07) is 40.0. The zero-order chi connectivity index (χ0) is 25.2. The van der Waals surface area contributed by atoms with Gasteiger partial charge in [-0.05, 0) is 91.2 Å². The van der Waals surface area contributed by atoms with Gasteiger partial charge in [-0.25, -0.2) is 0 Å². The molecule has 1 aliphatic carbocycles. The molecule has 0 aliphatic heterocycles. The minimum Gasteiger partial charge on any atom is -0.456 e. The van der Waals surface area contributed by atoms with Crippen molar-refractivity contribution in [2.45, 2.75) is 19.3 Å². The van der Waals surface area contributed by atoms with E-state index in [4.69, 9.17) is 4.42 Å². The number of hydrogen-bond acceptors (Lipinski definition) is 1. The topological polar surface area (TPSA) is 13.1 Å². The molecule has 0 fully saturated rings. The van der Waals surface area contributed by atoms with E-state index in [9.17, 15) is 0 Å². The van der Waals surface area contributed by atoms with Crippen LogP contribution in [0, 0.1) is 0 Å². The van der Waals surface area contributed by atoms with Gasteiger partial charge in [-0.3, -0.25) is 0 Å². The average molecular weight is 487 g/mol. The molecule has 180 valence electrons. The van der Waals surface area contributed by atoms with Gasteiger partial charge in [-0.15, -0.1) is 0 Å². The first-order valence-electron chi connectivity index (χ1n) is 13.4. The van der Waals surface area contributed by atoms with Crippen molar-refractivity contribution in [2.75, 3.05) is 0 Å². The van der Waals surface area contributed by atoms with Crippen LogP contribution in [0.15, 0.2) is 120 Å². The van der Waals surface area contributed by atoms with Gasteiger partial charge in [-0.1, -0.05) is 104 Å². The third kappa shape index (κ3) is 3.12. The molecule has 1 nitrogen and oxygen atoms in total. The Labute approximate surface area is 221 Å². The lowest BCUT2D eigenvalue weighted by Crippen LogP contribution is -1.96. The van der Waals surface area contributed by atoms with E-state index in [1.807, 2.05) is 0 Å². The first kappa shape index (κ1) is 21.5. The largest absolute Gasteiger partial charge is 0.456 e. The zero-order valence-corrected chi connectivity index (χ0v) is 21.2. The Morgan fingerprint density at radius 1 is 0.579 bits per heavy atom. The van der Waals surface area contributed by atoms with Crippen molar-refractivity contribution in [3.05, 3.63) is 127 Å². The molecule has 6 aromatic carbocycles. The summed E-state index contributed by atoms with van der Waals surface area (Å²) in [6.07, 6.45) is 5.42. The van der Waals surface area contributed by atoms with Gasteiger partial charge < -0.3 is 4.42 Å². The van der Waals surface area contributed by atoms with Crippen LogP contribution < -0.4 is 0 Å². The Morgan fingerprint density at radius 2 is 1.16 bits per heavy atom. The van der Waals surface area contributed by atoms with E-state index in [0.29, 0.717) is 5.92 Å². The van der Waals surface area contributed by atoms with Crippen LogP contribution in [-0.2, 0) is 0 Å². The molecule has 0 saturated carbocycles. The Bertz CT molecular complexity index is 2010. The van der Waals surface area contributed by atoms with E-state index >= 15 is 0 Å². The van der Waals surface area contributed by atoms with Gasteiger partial charge in [0.2, 0.25) is 0 Å². The summed E-state index contributed by atoms with van der Waals surface area (Å²) < 4.78 is 6.25. The van der Waals surface area contributed by atoms with Crippen LogP contribution in [0.25, 0.3) is 71.6 Å². The highest BCUT2D eigenvalue weighted by atomic mass is 16.3. The van der Waals surface area contributed by atoms with Crippen molar-refractivity contribution in [1.29, 1.82) is 0 Å². The molecule has 1 heterocycles. The SMILES string of the molecule is CC1CC=Cc2oc3ccc(-c4c5ccccc5c(-c5ccc6ccccc6c5)c5ccccc45)cc3c21. The fourth-order valence-corrected chi connectivity index (χ4v) is 6.52. The highest BCUT2D eigenvalue weighted by Gasteiger charge is 2.22. The average Bonchev–Trinajstić information content (AvgIpc) is 3.34. The highest BCUT2D eigenvalue weighted by molar-refractivity contribution is 6.22. The standard InChI is InChI=1S/C37H26O/c1-23-9-8-16-34-35(23)32-22-27(19-20-33(32)38-34)37-30-14-6-4-12-28(30)36(29-13-5-7-15-31(29)37)26-18-17-24-10-2-3-11-25(24)21-26/h2-8,10-23H,9H2,1H3. The third-order valence-corrected chi connectivity index (χ3v) is 8.27. The van der Waals surface area contributed by atoms with Crippen LogP contribution in [0.3, 0.4) is 0 Å². The summed E-state index contributed by atoms with van der Waals surface area (Å²) in [7, 11) is 0. The number of benzene rings is 6. The van der Waals surface area contributed by atoms with E-state index in [1.165, 1.54) is 65.5 Å². The number of furan rings is 1. The van der Waals surface area contributed by atoms with Gasteiger partial charge in [0.25, 0.3) is 0 Å². The van der Waals surface area contributed by atoms with Crippen molar-refractivity contribution in [1.82, 2.24) is 0 Å². The summed E-state index contributed by atoms with van der Waals surface area (Å²) in [5.41, 5.74) is 7.38. The minimum atomic E-state index is 0.454. The molecule has 1 aliphatic rings. The fraction of sp³-hybridized carbons (Fsp3) is 0.0811. The molecule has 0 spiro atoms. The molecule has 1 heteroatoms. The van der Waals surface area contributed by atoms with Gasteiger partial charge in [0.15, 0.2) is 0 Å². The first-order chi connectivity index (χ1) is 18.8. The molecule has 0 radical (unpaired) electrons. The van der Waals surface area contributed by atoms with Crippen molar-refractivity contribution < 1.29 is 4.42 Å². The molecule has 1 aromatic heterocycles. The molecule has 8 rings (SSSR count). The van der Waals surface area contributed by atoms with E-state index in [2.05, 4.69) is 128 Å². The van der Waals surface area contributed by atoms with E-state index in [-0.39, 0.29) is 0 Å². The molecule has 0 bridgehead atoms. The van der Waals surface area contributed by atoms with Crippen LogP contribution >= 0.6 is 0 Å². The van der Waals surface area contributed by atoms with Crippen LogP contribution in [0.5, 0.6) is 0 Å². The Kier molecular flexibility index (Phi) is 4.63. The maximum Gasteiger partial charge on any atom is 0.135 e. The number of fused-ring (bicyclic) bond motifs is 6. The Balaban J connectivity index is 1.46. The lowest BCUT2D eigenvalue weighted by Gasteiger charge is -2.18. The molecule has 7 aromatic rings. The van der Waals surface area contributed by atoms with Gasteiger partial charge in [0, 0.05) is 10.9 Å². The van der Waals surface area contributed by atoms with Gasteiger partial charge in [-0.2, -0.15) is 0 Å². The van der Waals surface area contributed by atoms with Crippen molar-refractivity contribution in [2.24, 2.45) is 0 Å². The molecular weight excluding hydrogens is 460 g/mol. The van der Waals surface area contributed by atoms with E-state index in [1.54, 1.807) is 0 Å². The summed E-state index contributed by atoms with van der Waals surface area (Å²) in [4.78, 5) is 0. The third-order valence-electron chi connectivity index (χ3n) is 8.27. The molecule has 0 N–H and O–H groups in total. The first-order valence-corrected chi connectivity index (χ1v) is 13.4. The Morgan fingerprint density at radius 3 is 1.84 bits per heavy atom. The van der Waals surface area contributed by atoms with Crippen LogP contribution in [0.2, 0.25) is 0 Å². The molecule has 38 heavy (non-hydrogen) atoms. The van der Waals surface area contributed by atoms with Gasteiger partial charge in [0.05, 0.1) is 0 Å². The number of rotatable bonds is 2. The predicted molar refractivity (Wildman–Crippen MR) is 162 cm³/mol. The van der Waals surface area contributed by atoms with Crippen molar-refractivity contribution in [3.63, 3.8) is 0 Å². The molecule has 0 amide bonds. The maximum absolute atomic E-state index is 6.25. The second-order valence-electron chi connectivity index (χ2n) is 10.5. The van der Waals surface area contributed by atoms with Crippen LogP contribution in [-0.4, -0.2) is 0 Å². The van der Waals surface area contributed by atoms with Gasteiger partial charge >= 0.3 is 0 Å². The zero-order valence-electron chi connectivity index (χ0n) is 21.2. The monoisotopic (exact) mass is 486 g/mol. The van der Waals surface area contributed by atoms with Crippen molar-refractivity contribution >= 4 is 49.4 Å². The lowest BCUT2D eigenvalue weighted by molar-refractivity contribution is 0.586. The summed E-state index contributed by atoms with van der Waals surface area (Å²) >= 11 is 0. The number of allylic oxidation sites excluding steroid dienone is 1. The van der Waals surface area contributed by atoms with Crippen LogP contribution in [0.4, 0.5) is 0 Å². The quantitative estimate of drug-likeness (QED) is 0.222.